The van der Waals surface area contributed by atoms with Crippen molar-refractivity contribution in [3.8, 4) is 23.2 Å². The van der Waals surface area contributed by atoms with Gasteiger partial charge in [0.15, 0.2) is 11.6 Å². The van der Waals surface area contributed by atoms with Gasteiger partial charge in [0.05, 0.1) is 29.5 Å². The Morgan fingerprint density at radius 3 is 2.87 bits per heavy atom. The van der Waals surface area contributed by atoms with Crippen LogP contribution < -0.4 is 4.74 Å². The van der Waals surface area contributed by atoms with Crippen LogP contribution in [-0.2, 0) is 0 Å². The molecule has 3 N–H and O–H groups in total. The molecule has 150 valence electrons. The molecule has 0 saturated heterocycles. The van der Waals surface area contributed by atoms with Gasteiger partial charge in [-0.3, -0.25) is 5.10 Å². The number of aromatic amines is 2. The third kappa shape index (κ3) is 3.96. The molecule has 4 rings (SSSR count). The summed E-state index contributed by atoms with van der Waals surface area (Å²) in [7, 11) is 1.56. The zero-order valence-electron chi connectivity index (χ0n) is 15.7. The number of aliphatic hydroxyl groups excluding tert-OH is 1. The molecule has 2 aromatic heterocycles. The first-order valence-corrected chi connectivity index (χ1v) is 10.1. The summed E-state index contributed by atoms with van der Waals surface area (Å²) in [6, 6.07) is 14.6. The number of aromatic nitrogens is 5. The van der Waals surface area contributed by atoms with Crippen LogP contribution in [-0.4, -0.2) is 43.1 Å². The van der Waals surface area contributed by atoms with Crippen molar-refractivity contribution >= 4 is 40.0 Å². The summed E-state index contributed by atoms with van der Waals surface area (Å²) in [4.78, 5) is 11.8. The molecule has 2 heterocycles. The number of thioether (sulfide) groups is 1. The minimum Gasteiger partial charge on any atom is -0.510 e. The normalized spacial score (nSPS) is 11.9. The molecule has 0 atom stereocenters. The van der Waals surface area contributed by atoms with Crippen LogP contribution in [0.1, 0.15) is 5.82 Å². The Morgan fingerprint density at radius 2 is 2.10 bits per heavy atom. The van der Waals surface area contributed by atoms with Gasteiger partial charge in [-0.1, -0.05) is 35.5 Å². The Bertz CT molecular complexity index is 1260. The number of hydrogen-bond donors (Lipinski definition) is 3. The van der Waals surface area contributed by atoms with Crippen molar-refractivity contribution < 1.29 is 9.84 Å². The topological polar surface area (TPSA) is 124 Å². The van der Waals surface area contributed by atoms with Gasteiger partial charge in [0.25, 0.3) is 0 Å². The lowest BCUT2D eigenvalue weighted by molar-refractivity contribution is 0.416. The maximum absolute atomic E-state index is 10.5. The predicted molar refractivity (Wildman–Crippen MR) is 115 cm³/mol. The minimum absolute atomic E-state index is 0.0750. The van der Waals surface area contributed by atoms with E-state index >= 15 is 0 Å². The molecule has 0 radical (unpaired) electrons. The number of ether oxygens (including phenoxy) is 1. The van der Waals surface area contributed by atoms with E-state index in [0.29, 0.717) is 33.1 Å². The van der Waals surface area contributed by atoms with Crippen molar-refractivity contribution in [1.29, 1.82) is 5.26 Å². The maximum atomic E-state index is 10.5. The number of nitrogens with zero attached hydrogens (tertiary/aromatic N) is 4. The molecule has 0 saturated carbocycles. The summed E-state index contributed by atoms with van der Waals surface area (Å²) in [5, 5.41) is 27.9. The molecule has 8 nitrogen and oxygen atoms in total. The number of benzene rings is 2. The number of halogens is 1. The second-order valence-electron chi connectivity index (χ2n) is 6.14. The second-order valence-corrected chi connectivity index (χ2v) is 7.51. The van der Waals surface area contributed by atoms with Crippen molar-refractivity contribution in [2.45, 2.75) is 5.16 Å². The quantitative estimate of drug-likeness (QED) is 0.228. The average molecular weight is 439 g/mol. The second kappa shape index (κ2) is 8.49. The lowest BCUT2D eigenvalue weighted by Crippen LogP contribution is -1.95. The largest absolute Gasteiger partial charge is 0.510 e. The molecule has 0 spiro atoms. The average Bonchev–Trinajstić information content (AvgIpc) is 3.39. The summed E-state index contributed by atoms with van der Waals surface area (Å²) in [5.41, 5.74) is 2.25. The first-order chi connectivity index (χ1) is 14.6. The zero-order valence-corrected chi connectivity index (χ0v) is 17.3. The van der Waals surface area contributed by atoms with E-state index in [1.54, 1.807) is 25.3 Å². The molecule has 0 bridgehead atoms. The summed E-state index contributed by atoms with van der Waals surface area (Å²) < 4.78 is 5.33. The summed E-state index contributed by atoms with van der Waals surface area (Å²) in [6.07, 6.45) is 0. The number of fused-ring (bicyclic) bond motifs is 1. The molecule has 0 unspecified atom stereocenters. The van der Waals surface area contributed by atoms with E-state index in [1.165, 1.54) is 11.8 Å². The van der Waals surface area contributed by atoms with E-state index in [9.17, 15) is 10.4 Å². The van der Waals surface area contributed by atoms with E-state index in [2.05, 4.69) is 25.1 Å². The number of rotatable bonds is 6. The highest BCUT2D eigenvalue weighted by Gasteiger charge is 2.16. The van der Waals surface area contributed by atoms with Gasteiger partial charge < -0.3 is 14.8 Å². The molecule has 10 heteroatoms. The molecule has 0 amide bonds. The number of nitriles is 1. The standard InChI is InChI=1S/C20H15ClN6O2S/c1-29-17-7-6-11(21)8-12(17)19-25-20(27-26-19)30-10-16(28)13(9-22)18-23-14-4-2-3-5-15(14)24-18/h2-8,28H,10H2,1H3,(H,23,24)(H,25,26,27). The summed E-state index contributed by atoms with van der Waals surface area (Å²) >= 11 is 7.25. The fraction of sp³-hybridized carbons (Fsp3) is 0.100. The number of hydrogen-bond acceptors (Lipinski definition) is 7. The summed E-state index contributed by atoms with van der Waals surface area (Å²) in [5.74, 6) is 1.39. The van der Waals surface area contributed by atoms with E-state index in [4.69, 9.17) is 16.3 Å². The highest BCUT2D eigenvalue weighted by molar-refractivity contribution is 7.99. The molecule has 0 aliphatic rings. The molecule has 2 aromatic carbocycles. The molecule has 4 aromatic rings. The third-order valence-electron chi connectivity index (χ3n) is 4.25. The van der Waals surface area contributed by atoms with Crippen molar-refractivity contribution in [2.75, 3.05) is 12.9 Å². The predicted octanol–water partition coefficient (Wildman–Crippen LogP) is 4.59. The van der Waals surface area contributed by atoms with Crippen LogP contribution >= 0.6 is 23.4 Å². The fourth-order valence-electron chi connectivity index (χ4n) is 2.83. The van der Waals surface area contributed by atoms with E-state index in [1.807, 2.05) is 30.3 Å². The van der Waals surface area contributed by atoms with Gasteiger partial charge in [0, 0.05) is 5.02 Å². The zero-order chi connectivity index (χ0) is 21.1. The van der Waals surface area contributed by atoms with Crippen molar-refractivity contribution in [3.05, 3.63) is 59.1 Å². The van der Waals surface area contributed by atoms with Crippen LogP contribution in [0, 0.1) is 11.3 Å². The number of nitrogens with one attached hydrogen (secondary N) is 2. The number of aliphatic hydroxyl groups is 1. The van der Waals surface area contributed by atoms with Crippen LogP contribution in [0.4, 0.5) is 0 Å². The summed E-state index contributed by atoms with van der Waals surface area (Å²) in [6.45, 7) is 0. The van der Waals surface area contributed by atoms with E-state index in [0.717, 1.165) is 11.0 Å². The van der Waals surface area contributed by atoms with Gasteiger partial charge in [0.1, 0.15) is 23.2 Å². The highest BCUT2D eigenvalue weighted by atomic mass is 35.5. The van der Waals surface area contributed by atoms with Crippen LogP contribution in [0.3, 0.4) is 0 Å². The first kappa shape index (κ1) is 19.8. The number of methoxy groups -OCH3 is 1. The molecule has 0 fully saturated rings. The van der Waals surface area contributed by atoms with Crippen LogP contribution in [0.5, 0.6) is 5.75 Å². The van der Waals surface area contributed by atoms with Crippen LogP contribution in [0.25, 0.3) is 28.0 Å². The molecule has 0 aliphatic carbocycles. The van der Waals surface area contributed by atoms with Gasteiger partial charge >= 0.3 is 0 Å². The molecular weight excluding hydrogens is 424 g/mol. The fourth-order valence-corrected chi connectivity index (χ4v) is 3.68. The smallest absolute Gasteiger partial charge is 0.209 e. The van der Waals surface area contributed by atoms with Crippen LogP contribution in [0.2, 0.25) is 5.02 Å². The number of imidazole rings is 1. The van der Waals surface area contributed by atoms with Crippen molar-refractivity contribution in [2.24, 2.45) is 0 Å². The molecule has 0 aliphatic heterocycles. The number of para-hydroxylation sites is 2. The van der Waals surface area contributed by atoms with Gasteiger partial charge in [-0.25, -0.2) is 9.97 Å². The lowest BCUT2D eigenvalue weighted by atomic mass is 10.2. The van der Waals surface area contributed by atoms with E-state index in [-0.39, 0.29) is 17.1 Å². The van der Waals surface area contributed by atoms with Crippen molar-refractivity contribution in [1.82, 2.24) is 25.1 Å². The number of H-pyrrole nitrogens is 2. The third-order valence-corrected chi connectivity index (χ3v) is 5.34. The van der Waals surface area contributed by atoms with Gasteiger partial charge in [-0.2, -0.15) is 5.26 Å². The van der Waals surface area contributed by atoms with Gasteiger partial charge in [-0.15, -0.1) is 5.10 Å². The highest BCUT2D eigenvalue weighted by Crippen LogP contribution is 2.31. The first-order valence-electron chi connectivity index (χ1n) is 8.75. The minimum atomic E-state index is -0.117. The van der Waals surface area contributed by atoms with Gasteiger partial charge in [0.2, 0.25) is 5.16 Å². The monoisotopic (exact) mass is 438 g/mol. The number of allylic oxidation sites excluding steroid dienone is 1. The Balaban J connectivity index is 1.54. The SMILES string of the molecule is COc1ccc(Cl)cc1-c1nc(SCC(O)=C(C#N)c2nc3ccccc3[nH]2)n[nH]1. The molecular formula is C20H15ClN6O2S. The van der Waals surface area contributed by atoms with E-state index < -0.39 is 0 Å². The molecule has 30 heavy (non-hydrogen) atoms. The Morgan fingerprint density at radius 1 is 1.27 bits per heavy atom. The Kier molecular flexibility index (Phi) is 5.61. The Hall–Kier alpha value is -3.48. The van der Waals surface area contributed by atoms with Crippen LogP contribution in [0.15, 0.2) is 53.4 Å². The lowest BCUT2D eigenvalue weighted by Gasteiger charge is -2.05. The van der Waals surface area contributed by atoms with Crippen molar-refractivity contribution in [3.63, 3.8) is 0 Å². The Labute approximate surface area is 180 Å². The maximum Gasteiger partial charge on any atom is 0.209 e. The van der Waals surface area contributed by atoms with Gasteiger partial charge in [-0.05, 0) is 30.3 Å².